The smallest absolute Gasteiger partial charge is 0.321 e. The predicted molar refractivity (Wildman–Crippen MR) is 110 cm³/mol. The van der Waals surface area contributed by atoms with E-state index in [1.807, 2.05) is 18.2 Å². The van der Waals surface area contributed by atoms with Crippen molar-refractivity contribution in [2.45, 2.75) is 57.8 Å². The second kappa shape index (κ2) is 9.64. The van der Waals surface area contributed by atoms with Crippen LogP contribution in [0.4, 0.5) is 0 Å². The first-order valence-corrected chi connectivity index (χ1v) is 11.1. The topological polar surface area (TPSA) is 130 Å². The minimum absolute atomic E-state index is 0.00179. The zero-order chi connectivity index (χ0) is 23.5. The van der Waals surface area contributed by atoms with Crippen LogP contribution in [-0.4, -0.2) is 35.8 Å². The van der Waals surface area contributed by atoms with Gasteiger partial charge in [-0.05, 0) is 38.5 Å². The van der Waals surface area contributed by atoms with Crippen LogP contribution in [0.1, 0.15) is 57.8 Å². The molecular weight excluding hydrogens is 432 g/mol. The SMILES string of the molecule is O=C1C[C@@H](/C2=C\CC/C([C@@H]3CC(=O)OC3=O)=C\CC/C=C(/[C@@H]3CC(=O)OC3=O)CC2)C(=O)O1. The fourth-order valence-electron chi connectivity index (χ4n) is 4.78. The molecule has 1 aliphatic carbocycles. The maximum atomic E-state index is 12.2. The van der Waals surface area contributed by atoms with E-state index < -0.39 is 53.6 Å². The van der Waals surface area contributed by atoms with Gasteiger partial charge in [-0.1, -0.05) is 34.9 Å². The summed E-state index contributed by atoms with van der Waals surface area (Å²) in [6.45, 7) is 0. The van der Waals surface area contributed by atoms with Gasteiger partial charge in [0, 0.05) is 0 Å². The van der Waals surface area contributed by atoms with Gasteiger partial charge in [0.05, 0.1) is 37.0 Å². The van der Waals surface area contributed by atoms with Crippen molar-refractivity contribution in [3.63, 3.8) is 0 Å². The van der Waals surface area contributed by atoms with E-state index in [1.54, 1.807) is 0 Å². The zero-order valence-electron chi connectivity index (χ0n) is 18.0. The maximum Gasteiger partial charge on any atom is 0.321 e. The summed E-state index contributed by atoms with van der Waals surface area (Å²) in [5.41, 5.74) is 2.26. The first-order chi connectivity index (χ1) is 15.8. The number of cyclic esters (lactones) is 6. The minimum atomic E-state index is -0.690. The van der Waals surface area contributed by atoms with Gasteiger partial charge in [0.25, 0.3) is 0 Å². The molecule has 0 amide bonds. The summed E-state index contributed by atoms with van der Waals surface area (Å²) < 4.78 is 14.1. The van der Waals surface area contributed by atoms with Crippen LogP contribution in [0.5, 0.6) is 0 Å². The third-order valence-corrected chi connectivity index (χ3v) is 6.47. The normalized spacial score (nSPS) is 34.2. The fraction of sp³-hybridized carbons (Fsp3) is 0.500. The number of ether oxygens (including phenoxy) is 3. The number of allylic oxidation sites excluding steroid dienone is 3. The number of carbonyl (C=O) groups is 6. The van der Waals surface area contributed by atoms with Crippen LogP contribution in [0.25, 0.3) is 0 Å². The standard InChI is InChI=1S/C24H24O9/c25-19-10-16(22(28)31-19)13-4-1-2-5-14(17-11-20(26)32-23(17)29)8-9-15(7-3-6-13)18-12-21(27)33-24(18)30/h4-5,7,16-18H,1-3,6,8-12H2/b13-4+,14-5+,15-7-/t16-,17-,18-/m0/s1. The lowest BCUT2D eigenvalue weighted by Crippen LogP contribution is -2.15. The zero-order valence-corrected chi connectivity index (χ0v) is 18.0. The summed E-state index contributed by atoms with van der Waals surface area (Å²) in [5.74, 6) is -5.41. The Morgan fingerprint density at radius 3 is 1.15 bits per heavy atom. The van der Waals surface area contributed by atoms with Gasteiger partial charge in [0.15, 0.2) is 0 Å². The molecule has 0 unspecified atom stereocenters. The van der Waals surface area contributed by atoms with E-state index in [9.17, 15) is 28.8 Å². The van der Waals surface area contributed by atoms with Gasteiger partial charge in [0.2, 0.25) is 0 Å². The van der Waals surface area contributed by atoms with E-state index in [-0.39, 0.29) is 19.3 Å². The molecule has 0 aromatic carbocycles. The number of rotatable bonds is 3. The van der Waals surface area contributed by atoms with Gasteiger partial charge in [-0.2, -0.15) is 0 Å². The lowest BCUT2D eigenvalue weighted by molar-refractivity contribution is -0.154. The molecule has 4 aliphatic rings. The van der Waals surface area contributed by atoms with Crippen LogP contribution in [0.15, 0.2) is 34.9 Å². The molecule has 3 fully saturated rings. The minimum Gasteiger partial charge on any atom is -0.393 e. The number of carbonyl (C=O) groups excluding carboxylic acids is 6. The number of esters is 6. The van der Waals surface area contributed by atoms with Crippen molar-refractivity contribution < 1.29 is 43.0 Å². The molecule has 3 aliphatic heterocycles. The lowest BCUT2D eigenvalue weighted by Gasteiger charge is -2.17. The molecule has 0 saturated carbocycles. The molecule has 3 atom stereocenters. The first kappa shape index (κ1) is 22.8. The molecule has 0 radical (unpaired) electrons. The Bertz CT molecular complexity index is 1010. The Balaban J connectivity index is 1.61. The molecule has 9 heteroatoms. The van der Waals surface area contributed by atoms with Crippen LogP contribution in [0, 0.1) is 17.8 Å². The van der Waals surface area contributed by atoms with E-state index in [0.717, 1.165) is 16.7 Å². The van der Waals surface area contributed by atoms with Gasteiger partial charge >= 0.3 is 35.8 Å². The number of hydrogen-bond acceptors (Lipinski definition) is 9. The predicted octanol–water partition coefficient (Wildman–Crippen LogP) is 2.39. The van der Waals surface area contributed by atoms with Gasteiger partial charge < -0.3 is 14.2 Å². The average molecular weight is 456 g/mol. The number of hydrogen-bond donors (Lipinski definition) is 0. The molecule has 3 heterocycles. The van der Waals surface area contributed by atoms with Crippen LogP contribution < -0.4 is 0 Å². The average Bonchev–Trinajstić information content (AvgIpc) is 3.38. The summed E-state index contributed by atoms with van der Waals surface area (Å²) in [6, 6.07) is 0. The van der Waals surface area contributed by atoms with Gasteiger partial charge in [0.1, 0.15) is 0 Å². The molecule has 0 aromatic heterocycles. The second-order valence-electron chi connectivity index (χ2n) is 8.60. The highest BCUT2D eigenvalue weighted by molar-refractivity contribution is 5.97. The Labute approximate surface area is 189 Å². The van der Waals surface area contributed by atoms with Gasteiger partial charge in [-0.3, -0.25) is 28.8 Å². The molecule has 0 aromatic rings. The molecule has 4 rings (SSSR count). The van der Waals surface area contributed by atoms with Gasteiger partial charge in [-0.25, -0.2) is 0 Å². The molecule has 9 nitrogen and oxygen atoms in total. The second-order valence-corrected chi connectivity index (χ2v) is 8.60. The van der Waals surface area contributed by atoms with Crippen molar-refractivity contribution >= 4 is 35.8 Å². The third-order valence-electron chi connectivity index (χ3n) is 6.47. The van der Waals surface area contributed by atoms with Crippen molar-refractivity contribution in [2.24, 2.45) is 17.8 Å². The van der Waals surface area contributed by atoms with Crippen molar-refractivity contribution in [3.8, 4) is 0 Å². The molecule has 33 heavy (non-hydrogen) atoms. The van der Waals surface area contributed by atoms with E-state index in [2.05, 4.69) is 0 Å². The summed E-state index contributed by atoms with van der Waals surface area (Å²) in [6.07, 6.45) is 8.64. The third kappa shape index (κ3) is 5.18. The maximum absolute atomic E-state index is 12.2. The summed E-state index contributed by atoms with van der Waals surface area (Å²) >= 11 is 0. The Kier molecular flexibility index (Phi) is 6.67. The first-order valence-electron chi connectivity index (χ1n) is 11.1. The molecule has 174 valence electrons. The molecule has 3 saturated heterocycles. The Morgan fingerprint density at radius 1 is 0.485 bits per heavy atom. The summed E-state index contributed by atoms with van der Waals surface area (Å²) in [4.78, 5) is 71.4. The molecule has 0 bridgehead atoms. The van der Waals surface area contributed by atoms with E-state index in [1.165, 1.54) is 0 Å². The lowest BCUT2D eigenvalue weighted by atomic mass is 9.85. The van der Waals surface area contributed by atoms with E-state index in [4.69, 9.17) is 14.2 Å². The van der Waals surface area contributed by atoms with Crippen LogP contribution in [0.2, 0.25) is 0 Å². The van der Waals surface area contributed by atoms with Crippen molar-refractivity contribution in [2.75, 3.05) is 0 Å². The fourth-order valence-corrected chi connectivity index (χ4v) is 4.78. The van der Waals surface area contributed by atoms with Crippen LogP contribution >= 0.6 is 0 Å². The van der Waals surface area contributed by atoms with Crippen molar-refractivity contribution in [3.05, 3.63) is 34.9 Å². The molecular formula is C24H24O9. The van der Waals surface area contributed by atoms with E-state index >= 15 is 0 Å². The Hall–Kier alpha value is -3.36. The van der Waals surface area contributed by atoms with Crippen LogP contribution in [0.3, 0.4) is 0 Å². The van der Waals surface area contributed by atoms with Gasteiger partial charge in [-0.15, -0.1) is 0 Å². The Morgan fingerprint density at radius 2 is 0.818 bits per heavy atom. The quantitative estimate of drug-likeness (QED) is 0.272. The summed E-state index contributed by atoms with van der Waals surface area (Å²) in [5, 5.41) is 0. The molecule has 0 N–H and O–H groups in total. The highest BCUT2D eigenvalue weighted by atomic mass is 16.6. The highest BCUT2D eigenvalue weighted by Crippen LogP contribution is 2.35. The monoisotopic (exact) mass is 456 g/mol. The van der Waals surface area contributed by atoms with Crippen molar-refractivity contribution in [1.29, 1.82) is 0 Å². The largest absolute Gasteiger partial charge is 0.393 e. The highest BCUT2D eigenvalue weighted by Gasteiger charge is 2.39. The molecule has 0 spiro atoms. The van der Waals surface area contributed by atoms with Crippen LogP contribution in [-0.2, 0) is 43.0 Å². The summed E-state index contributed by atoms with van der Waals surface area (Å²) in [7, 11) is 0. The van der Waals surface area contributed by atoms with E-state index in [0.29, 0.717) is 38.5 Å². The van der Waals surface area contributed by atoms with Crippen molar-refractivity contribution in [1.82, 2.24) is 0 Å².